The summed E-state index contributed by atoms with van der Waals surface area (Å²) in [7, 11) is 0. The van der Waals surface area contributed by atoms with Crippen LogP contribution in [0.2, 0.25) is 0 Å². The largest absolute Gasteiger partial charge is 0.508 e. The molecule has 2 N–H and O–H groups in total. The number of benzene rings is 2. The van der Waals surface area contributed by atoms with Gasteiger partial charge in [-0.15, -0.1) is 0 Å². The highest BCUT2D eigenvalue weighted by Gasteiger charge is 2.34. The zero-order valence-electron chi connectivity index (χ0n) is 17.6. The van der Waals surface area contributed by atoms with E-state index in [-0.39, 0.29) is 24.6 Å². The summed E-state index contributed by atoms with van der Waals surface area (Å²) in [5.74, 6) is -1.47. The summed E-state index contributed by atoms with van der Waals surface area (Å²) < 4.78 is 0. The van der Waals surface area contributed by atoms with Crippen molar-refractivity contribution >= 4 is 28.6 Å². The summed E-state index contributed by atoms with van der Waals surface area (Å²) in [5.41, 5.74) is 1.61. The number of aromatic hydroxyl groups is 1. The first-order valence-electron chi connectivity index (χ1n) is 11.1. The number of hydrogen-bond acceptors (Lipinski definition) is 5. The number of hydrogen-bond donors (Lipinski definition) is 2. The maximum absolute atomic E-state index is 13.1. The van der Waals surface area contributed by atoms with Crippen molar-refractivity contribution in [3.05, 3.63) is 41.0 Å². The molecule has 0 aromatic heterocycles. The van der Waals surface area contributed by atoms with Crippen LogP contribution in [0.4, 0.5) is 0 Å². The molecule has 1 saturated heterocycles. The number of rotatable bonds is 8. The number of aliphatic carboxylic acids is 1. The van der Waals surface area contributed by atoms with Gasteiger partial charge in [-0.25, -0.2) is 0 Å². The monoisotopic (exact) mass is 424 g/mol. The molecule has 2 heterocycles. The molecule has 0 saturated carbocycles. The lowest BCUT2D eigenvalue weighted by Gasteiger charge is -2.30. The van der Waals surface area contributed by atoms with Crippen LogP contribution >= 0.6 is 0 Å². The van der Waals surface area contributed by atoms with Crippen LogP contribution in [-0.2, 0) is 11.3 Å². The number of amides is 2. The SMILES string of the molecule is O=C(O)CCCCCN1C(=O)c2cccc3c(CN4CCCCC4)c(O)cc(c23)C1=O. The topological polar surface area (TPSA) is 98.2 Å². The van der Waals surface area contributed by atoms with Gasteiger partial charge in [0.05, 0.1) is 5.56 Å². The molecule has 0 atom stereocenters. The number of imide groups is 1. The molecule has 7 heteroatoms. The number of carbonyl (C=O) groups is 3. The fourth-order valence-electron chi connectivity index (χ4n) is 4.69. The maximum atomic E-state index is 13.1. The third kappa shape index (κ3) is 4.28. The van der Waals surface area contributed by atoms with Crippen LogP contribution in [0.5, 0.6) is 5.75 Å². The van der Waals surface area contributed by atoms with E-state index in [1.165, 1.54) is 17.4 Å². The highest BCUT2D eigenvalue weighted by molar-refractivity contribution is 6.26. The second-order valence-corrected chi connectivity index (χ2v) is 8.45. The number of unbranched alkanes of at least 4 members (excludes halogenated alkanes) is 2. The van der Waals surface area contributed by atoms with Crippen LogP contribution in [0.3, 0.4) is 0 Å². The number of likely N-dealkylation sites (tertiary alicyclic amines) is 1. The average molecular weight is 424 g/mol. The average Bonchev–Trinajstić information content (AvgIpc) is 2.76. The van der Waals surface area contributed by atoms with Crippen LogP contribution in [0, 0.1) is 0 Å². The molecule has 2 aliphatic rings. The predicted molar refractivity (Wildman–Crippen MR) is 116 cm³/mol. The zero-order valence-corrected chi connectivity index (χ0v) is 17.6. The Morgan fingerprint density at radius 3 is 2.45 bits per heavy atom. The van der Waals surface area contributed by atoms with E-state index in [0.29, 0.717) is 42.3 Å². The van der Waals surface area contributed by atoms with Crippen molar-refractivity contribution in [3.8, 4) is 5.75 Å². The molecule has 0 unspecified atom stereocenters. The van der Waals surface area contributed by atoms with Gasteiger partial charge in [0, 0.05) is 36.0 Å². The number of piperidine rings is 1. The summed E-state index contributed by atoms with van der Waals surface area (Å²) in [6.07, 6.45) is 5.27. The molecule has 164 valence electrons. The Morgan fingerprint density at radius 2 is 1.71 bits per heavy atom. The Hall–Kier alpha value is -2.93. The Morgan fingerprint density at radius 1 is 0.968 bits per heavy atom. The maximum Gasteiger partial charge on any atom is 0.303 e. The van der Waals surface area contributed by atoms with Crippen molar-refractivity contribution in [1.29, 1.82) is 0 Å². The van der Waals surface area contributed by atoms with Crippen LogP contribution in [0.25, 0.3) is 10.8 Å². The molecule has 0 aliphatic carbocycles. The minimum Gasteiger partial charge on any atom is -0.508 e. The summed E-state index contributed by atoms with van der Waals surface area (Å²) >= 11 is 0. The summed E-state index contributed by atoms with van der Waals surface area (Å²) in [4.78, 5) is 40.4. The number of nitrogens with zero attached hydrogens (tertiary/aromatic N) is 2. The summed E-state index contributed by atoms with van der Waals surface area (Å²) in [6, 6.07) is 6.93. The van der Waals surface area contributed by atoms with E-state index in [1.807, 2.05) is 6.07 Å². The molecule has 1 fully saturated rings. The van der Waals surface area contributed by atoms with Crippen molar-refractivity contribution in [1.82, 2.24) is 9.80 Å². The molecule has 2 amide bonds. The lowest BCUT2D eigenvalue weighted by Crippen LogP contribution is -2.41. The van der Waals surface area contributed by atoms with E-state index in [2.05, 4.69) is 4.90 Å². The minimum atomic E-state index is -0.846. The van der Waals surface area contributed by atoms with Crippen LogP contribution < -0.4 is 0 Å². The first-order valence-corrected chi connectivity index (χ1v) is 11.1. The van der Waals surface area contributed by atoms with Crippen molar-refractivity contribution in [2.24, 2.45) is 0 Å². The number of phenols is 1. The Labute approximate surface area is 181 Å². The number of carboxylic acids is 1. The zero-order chi connectivity index (χ0) is 22.0. The molecule has 0 spiro atoms. The molecule has 31 heavy (non-hydrogen) atoms. The molecule has 2 aliphatic heterocycles. The van der Waals surface area contributed by atoms with E-state index >= 15 is 0 Å². The molecule has 2 aromatic carbocycles. The van der Waals surface area contributed by atoms with Crippen molar-refractivity contribution in [3.63, 3.8) is 0 Å². The van der Waals surface area contributed by atoms with Gasteiger partial charge in [0.15, 0.2) is 0 Å². The van der Waals surface area contributed by atoms with Gasteiger partial charge >= 0.3 is 5.97 Å². The normalized spacial score (nSPS) is 16.8. The van der Waals surface area contributed by atoms with Crippen LogP contribution in [-0.4, -0.2) is 57.4 Å². The molecular weight excluding hydrogens is 396 g/mol. The number of carbonyl (C=O) groups excluding carboxylic acids is 2. The number of carboxylic acid groups (broad SMARTS) is 1. The van der Waals surface area contributed by atoms with Gasteiger partial charge in [0.2, 0.25) is 0 Å². The van der Waals surface area contributed by atoms with Crippen molar-refractivity contribution in [2.45, 2.75) is 51.5 Å². The summed E-state index contributed by atoms with van der Waals surface area (Å²) in [5, 5.41) is 20.9. The van der Waals surface area contributed by atoms with E-state index in [4.69, 9.17) is 5.11 Å². The van der Waals surface area contributed by atoms with E-state index in [9.17, 15) is 19.5 Å². The Balaban J connectivity index is 1.61. The third-order valence-electron chi connectivity index (χ3n) is 6.30. The minimum absolute atomic E-state index is 0.0811. The lowest BCUT2D eigenvalue weighted by atomic mass is 9.90. The van der Waals surface area contributed by atoms with E-state index in [1.54, 1.807) is 12.1 Å². The van der Waals surface area contributed by atoms with Gasteiger partial charge in [-0.2, -0.15) is 0 Å². The van der Waals surface area contributed by atoms with Gasteiger partial charge < -0.3 is 10.2 Å². The lowest BCUT2D eigenvalue weighted by molar-refractivity contribution is -0.137. The first-order chi connectivity index (χ1) is 15.0. The fourth-order valence-corrected chi connectivity index (χ4v) is 4.69. The second-order valence-electron chi connectivity index (χ2n) is 8.45. The van der Waals surface area contributed by atoms with Crippen molar-refractivity contribution in [2.75, 3.05) is 19.6 Å². The van der Waals surface area contributed by atoms with Crippen LogP contribution in [0.1, 0.15) is 71.2 Å². The quantitative estimate of drug-likeness (QED) is 0.494. The molecule has 0 bridgehead atoms. The van der Waals surface area contributed by atoms with E-state index < -0.39 is 11.9 Å². The highest BCUT2D eigenvalue weighted by atomic mass is 16.4. The smallest absolute Gasteiger partial charge is 0.303 e. The highest BCUT2D eigenvalue weighted by Crippen LogP contribution is 2.37. The molecule has 4 rings (SSSR count). The molecule has 2 aromatic rings. The van der Waals surface area contributed by atoms with Gasteiger partial charge in [0.25, 0.3) is 11.8 Å². The third-order valence-corrected chi connectivity index (χ3v) is 6.30. The van der Waals surface area contributed by atoms with Gasteiger partial charge in [-0.05, 0) is 56.3 Å². The molecule has 0 radical (unpaired) electrons. The molecule has 7 nitrogen and oxygen atoms in total. The van der Waals surface area contributed by atoms with Gasteiger partial charge in [-0.3, -0.25) is 24.2 Å². The predicted octanol–water partition coefficient (Wildman–Crippen LogP) is 3.77. The first kappa shape index (κ1) is 21.3. The van der Waals surface area contributed by atoms with Gasteiger partial charge in [0.1, 0.15) is 5.75 Å². The second kappa shape index (κ2) is 9.06. The Bertz CT molecular complexity index is 1030. The number of phenolic OH excluding ortho intramolecular Hbond substituents is 1. The standard InChI is InChI=1S/C24H28N2O5/c27-20-14-18-22-16(19(20)15-25-11-4-2-5-12-25)8-7-9-17(22)23(30)26(24(18)31)13-6-1-3-10-21(28)29/h7-9,14,27H,1-6,10-13,15H2,(H,28,29). The van der Waals surface area contributed by atoms with E-state index in [0.717, 1.165) is 36.9 Å². The Kier molecular flexibility index (Phi) is 6.23. The van der Waals surface area contributed by atoms with Crippen LogP contribution in [0.15, 0.2) is 24.3 Å². The van der Waals surface area contributed by atoms with Gasteiger partial charge in [-0.1, -0.05) is 25.0 Å². The fraction of sp³-hybridized carbons (Fsp3) is 0.458. The van der Waals surface area contributed by atoms with Crippen molar-refractivity contribution < 1.29 is 24.6 Å². The summed E-state index contributed by atoms with van der Waals surface area (Å²) in [6.45, 7) is 2.80. The molecular formula is C24H28N2O5.